The highest BCUT2D eigenvalue weighted by Crippen LogP contribution is 2.25. The third kappa shape index (κ3) is 2.97. The van der Waals surface area contributed by atoms with E-state index in [9.17, 15) is 0 Å². The van der Waals surface area contributed by atoms with Crippen LogP contribution in [0.3, 0.4) is 0 Å². The monoisotopic (exact) mass is 253 g/mol. The average molecular weight is 253 g/mol. The van der Waals surface area contributed by atoms with E-state index in [-0.39, 0.29) is 0 Å². The normalized spacial score (nSPS) is 10.6. The minimum atomic E-state index is 0.705. The highest BCUT2D eigenvalue weighted by Gasteiger charge is 2.05. The number of aromatic nitrogens is 4. The number of nitrogens with one attached hydrogen (secondary N) is 1. The lowest BCUT2D eigenvalue weighted by atomic mass is 10.3. The van der Waals surface area contributed by atoms with Gasteiger partial charge in [-0.1, -0.05) is 0 Å². The molecule has 0 bridgehead atoms. The van der Waals surface area contributed by atoms with Crippen LogP contribution in [0.2, 0.25) is 0 Å². The molecule has 1 N–H and O–H groups in total. The number of hydrogen-bond donors (Lipinski definition) is 1. The molecule has 0 aliphatic carbocycles. The first-order valence-electron chi connectivity index (χ1n) is 4.71. The van der Waals surface area contributed by atoms with Crippen LogP contribution < -0.4 is 5.32 Å². The minimum Gasteiger partial charge on any atom is -0.316 e. The summed E-state index contributed by atoms with van der Waals surface area (Å²) in [6.45, 7) is 2.65. The van der Waals surface area contributed by atoms with E-state index < -0.39 is 0 Å². The Hall–Kier alpha value is -1.05. The highest BCUT2D eigenvalue weighted by molar-refractivity contribution is 8.00. The molecule has 2 aromatic heterocycles. The third-order valence-corrected chi connectivity index (χ3v) is 3.49. The molecule has 0 atom stereocenters. The standard InChI is InChI=1S/C9H11N5S2/c1-6-13-9(16-14-6)15-8-11-4-7(3-10-2)5-12-8/h4-5,10H,3H2,1-2H3. The Labute approximate surface area is 102 Å². The average Bonchev–Trinajstić information content (AvgIpc) is 2.67. The summed E-state index contributed by atoms with van der Waals surface area (Å²) in [5.74, 6) is 0.791. The zero-order chi connectivity index (χ0) is 11.4. The number of aryl methyl sites for hydroxylation is 1. The predicted octanol–water partition coefficient (Wildman–Crippen LogP) is 1.51. The first-order valence-corrected chi connectivity index (χ1v) is 6.30. The van der Waals surface area contributed by atoms with E-state index in [2.05, 4.69) is 24.6 Å². The van der Waals surface area contributed by atoms with Crippen LogP contribution in [0.15, 0.2) is 21.9 Å². The molecular formula is C9H11N5S2. The minimum absolute atomic E-state index is 0.705. The summed E-state index contributed by atoms with van der Waals surface area (Å²) in [6.07, 6.45) is 3.64. The van der Waals surface area contributed by atoms with E-state index in [0.29, 0.717) is 5.16 Å². The lowest BCUT2D eigenvalue weighted by molar-refractivity contribution is 0.793. The summed E-state index contributed by atoms with van der Waals surface area (Å²) >= 11 is 2.81. The van der Waals surface area contributed by atoms with Gasteiger partial charge < -0.3 is 5.32 Å². The second kappa shape index (κ2) is 5.33. The van der Waals surface area contributed by atoms with Crippen molar-refractivity contribution in [2.24, 2.45) is 0 Å². The summed E-state index contributed by atoms with van der Waals surface area (Å²) in [6, 6.07) is 0. The van der Waals surface area contributed by atoms with E-state index in [0.717, 1.165) is 22.3 Å². The summed E-state index contributed by atoms with van der Waals surface area (Å²) in [7, 11) is 1.90. The van der Waals surface area contributed by atoms with Gasteiger partial charge in [0.25, 0.3) is 0 Å². The molecule has 0 saturated carbocycles. The number of rotatable bonds is 4. The van der Waals surface area contributed by atoms with Crippen LogP contribution in [0.25, 0.3) is 0 Å². The zero-order valence-electron chi connectivity index (χ0n) is 8.97. The van der Waals surface area contributed by atoms with E-state index >= 15 is 0 Å². The van der Waals surface area contributed by atoms with Crippen LogP contribution in [0.4, 0.5) is 0 Å². The Kier molecular flexibility index (Phi) is 3.81. The largest absolute Gasteiger partial charge is 0.316 e. The van der Waals surface area contributed by atoms with Gasteiger partial charge in [-0.05, 0) is 37.3 Å². The van der Waals surface area contributed by atoms with Crippen LogP contribution >= 0.6 is 23.3 Å². The van der Waals surface area contributed by atoms with Crippen molar-refractivity contribution in [3.8, 4) is 0 Å². The molecule has 0 fully saturated rings. The summed E-state index contributed by atoms with van der Waals surface area (Å²) in [5.41, 5.74) is 1.07. The molecule has 0 spiro atoms. The van der Waals surface area contributed by atoms with E-state index in [1.54, 1.807) is 0 Å². The van der Waals surface area contributed by atoms with Gasteiger partial charge in [0.15, 0.2) is 9.50 Å². The van der Waals surface area contributed by atoms with Gasteiger partial charge in [0.2, 0.25) is 0 Å². The molecular weight excluding hydrogens is 242 g/mol. The third-order valence-electron chi connectivity index (χ3n) is 1.75. The summed E-state index contributed by atoms with van der Waals surface area (Å²) in [5, 5.41) is 3.75. The van der Waals surface area contributed by atoms with Crippen molar-refractivity contribution in [1.82, 2.24) is 24.6 Å². The molecule has 0 aliphatic heterocycles. The smallest absolute Gasteiger partial charge is 0.194 e. The fourth-order valence-corrected chi connectivity index (χ4v) is 2.54. The maximum Gasteiger partial charge on any atom is 0.194 e. The molecule has 0 aliphatic rings. The van der Waals surface area contributed by atoms with Crippen LogP contribution in [0.1, 0.15) is 11.4 Å². The Morgan fingerprint density at radius 2 is 2.12 bits per heavy atom. The molecule has 2 rings (SSSR count). The molecule has 2 heterocycles. The predicted molar refractivity (Wildman–Crippen MR) is 63.6 cm³/mol. The van der Waals surface area contributed by atoms with Gasteiger partial charge in [0.1, 0.15) is 5.82 Å². The summed E-state index contributed by atoms with van der Waals surface area (Å²) < 4.78 is 4.98. The van der Waals surface area contributed by atoms with Gasteiger partial charge >= 0.3 is 0 Å². The second-order valence-corrected chi connectivity index (χ2v) is 5.08. The molecule has 0 amide bonds. The van der Waals surface area contributed by atoms with Gasteiger partial charge in [-0.15, -0.1) is 0 Å². The van der Waals surface area contributed by atoms with Gasteiger partial charge in [-0.3, -0.25) is 0 Å². The quantitative estimate of drug-likeness (QED) is 0.833. The van der Waals surface area contributed by atoms with E-state index in [4.69, 9.17) is 0 Å². The van der Waals surface area contributed by atoms with Crippen LogP contribution in [0, 0.1) is 6.92 Å². The van der Waals surface area contributed by atoms with Crippen molar-refractivity contribution < 1.29 is 0 Å². The molecule has 0 unspecified atom stereocenters. The molecule has 84 valence electrons. The van der Waals surface area contributed by atoms with Gasteiger partial charge in [-0.25, -0.2) is 15.0 Å². The van der Waals surface area contributed by atoms with Crippen molar-refractivity contribution >= 4 is 23.3 Å². The van der Waals surface area contributed by atoms with Gasteiger partial charge in [0, 0.05) is 24.5 Å². The van der Waals surface area contributed by atoms with Crippen LogP contribution in [-0.4, -0.2) is 26.4 Å². The number of hydrogen-bond acceptors (Lipinski definition) is 7. The van der Waals surface area contributed by atoms with Crippen molar-refractivity contribution in [3.63, 3.8) is 0 Å². The van der Waals surface area contributed by atoms with Crippen LogP contribution in [-0.2, 0) is 6.54 Å². The van der Waals surface area contributed by atoms with Crippen LogP contribution in [0.5, 0.6) is 0 Å². The molecule has 7 heteroatoms. The molecule has 0 radical (unpaired) electrons. The first kappa shape index (κ1) is 11.4. The topological polar surface area (TPSA) is 63.6 Å². The van der Waals surface area contributed by atoms with Crippen molar-refractivity contribution in [2.45, 2.75) is 23.0 Å². The van der Waals surface area contributed by atoms with Gasteiger partial charge in [-0.2, -0.15) is 4.37 Å². The Morgan fingerprint density at radius 3 is 2.69 bits per heavy atom. The molecule has 0 aromatic carbocycles. The second-order valence-electron chi connectivity index (χ2n) is 3.11. The Balaban J connectivity index is 2.05. The lowest BCUT2D eigenvalue weighted by Crippen LogP contribution is -2.05. The molecule has 2 aromatic rings. The maximum atomic E-state index is 4.25. The molecule has 0 saturated heterocycles. The van der Waals surface area contributed by atoms with E-state index in [1.165, 1.54) is 23.3 Å². The Bertz CT molecular complexity index is 453. The van der Waals surface area contributed by atoms with Gasteiger partial charge in [0.05, 0.1) is 0 Å². The highest BCUT2D eigenvalue weighted by atomic mass is 32.2. The zero-order valence-corrected chi connectivity index (χ0v) is 10.6. The summed E-state index contributed by atoms with van der Waals surface area (Å²) in [4.78, 5) is 12.7. The van der Waals surface area contributed by atoms with Crippen molar-refractivity contribution in [2.75, 3.05) is 7.05 Å². The molecule has 16 heavy (non-hydrogen) atoms. The first-order chi connectivity index (χ1) is 7.78. The van der Waals surface area contributed by atoms with Crippen molar-refractivity contribution in [3.05, 3.63) is 23.8 Å². The fourth-order valence-electron chi connectivity index (χ4n) is 1.09. The SMILES string of the molecule is CNCc1cnc(Sc2nc(C)ns2)nc1. The lowest BCUT2D eigenvalue weighted by Gasteiger charge is -1.99. The van der Waals surface area contributed by atoms with Crippen molar-refractivity contribution in [1.29, 1.82) is 0 Å². The van der Waals surface area contributed by atoms with E-state index in [1.807, 2.05) is 26.4 Å². The maximum absolute atomic E-state index is 4.25. The molecule has 5 nitrogen and oxygen atoms in total. The Morgan fingerprint density at radius 1 is 1.38 bits per heavy atom. The fraction of sp³-hybridized carbons (Fsp3) is 0.333. The number of nitrogens with zero attached hydrogens (tertiary/aromatic N) is 4.